The molecule has 0 aromatic heterocycles. The van der Waals surface area contributed by atoms with Crippen molar-refractivity contribution in [1.29, 1.82) is 0 Å². The summed E-state index contributed by atoms with van der Waals surface area (Å²) in [6, 6.07) is 9.33. The molecule has 0 spiro atoms. The zero-order chi connectivity index (χ0) is 18.4. The van der Waals surface area contributed by atoms with Crippen LogP contribution < -0.4 is 10.1 Å². The highest BCUT2D eigenvalue weighted by Gasteiger charge is 2.19. The lowest BCUT2D eigenvalue weighted by molar-refractivity contribution is -0.120. The van der Waals surface area contributed by atoms with Crippen molar-refractivity contribution in [3.05, 3.63) is 59.1 Å². The number of anilines is 1. The molecule has 2 rings (SSSR count). The first-order valence-corrected chi connectivity index (χ1v) is 8.09. The van der Waals surface area contributed by atoms with E-state index in [1.807, 2.05) is 0 Å². The Bertz CT molecular complexity index is 726. The van der Waals surface area contributed by atoms with E-state index in [2.05, 4.69) is 5.32 Å². The maximum Gasteiger partial charge on any atom is 0.241 e. The van der Waals surface area contributed by atoms with Crippen molar-refractivity contribution < 1.29 is 18.3 Å². The fourth-order valence-corrected chi connectivity index (χ4v) is 2.19. The summed E-state index contributed by atoms with van der Waals surface area (Å²) < 4.78 is 32.3. The number of benzene rings is 2. The van der Waals surface area contributed by atoms with Crippen molar-refractivity contribution in [2.75, 3.05) is 25.5 Å². The van der Waals surface area contributed by atoms with Crippen molar-refractivity contribution in [1.82, 2.24) is 4.90 Å². The average Bonchev–Trinajstić information content (AvgIpc) is 2.59. The number of halogens is 3. The van der Waals surface area contributed by atoms with Gasteiger partial charge in [-0.25, -0.2) is 8.78 Å². The first-order valence-electron chi connectivity index (χ1n) is 7.71. The molecule has 0 saturated heterocycles. The molecule has 2 aromatic carbocycles. The fourth-order valence-electron chi connectivity index (χ4n) is 2.06. The van der Waals surface area contributed by atoms with Gasteiger partial charge in [-0.3, -0.25) is 9.69 Å². The van der Waals surface area contributed by atoms with Crippen molar-refractivity contribution in [3.63, 3.8) is 0 Å². The zero-order valence-electron chi connectivity index (χ0n) is 13.9. The van der Waals surface area contributed by atoms with E-state index in [1.54, 1.807) is 43.1 Å². The molecule has 1 N–H and O–H groups in total. The Morgan fingerprint density at radius 1 is 1.24 bits per heavy atom. The first kappa shape index (κ1) is 19.1. The van der Waals surface area contributed by atoms with Crippen LogP contribution in [0.3, 0.4) is 0 Å². The van der Waals surface area contributed by atoms with Crippen LogP contribution in [-0.2, 0) is 4.79 Å². The standard InChI is InChI=1S/C18H19ClF2N2O2/c1-12(18(24)22-17-11-14(20)5-8-16(17)21)23(2)9-10-25-15-6-3-13(19)4-7-15/h3-8,11-12H,9-10H2,1-2H3,(H,22,24). The molecule has 0 aliphatic rings. The SMILES string of the molecule is CC(C(=O)Nc1cc(F)ccc1F)N(C)CCOc1ccc(Cl)cc1. The molecule has 2 aromatic rings. The Labute approximate surface area is 150 Å². The third-order valence-corrected chi connectivity index (χ3v) is 4.01. The van der Waals surface area contributed by atoms with Crippen molar-refractivity contribution in [3.8, 4) is 5.75 Å². The first-order chi connectivity index (χ1) is 11.9. The maximum absolute atomic E-state index is 13.6. The van der Waals surface area contributed by atoms with Crippen molar-refractivity contribution in [2.45, 2.75) is 13.0 Å². The lowest BCUT2D eigenvalue weighted by atomic mass is 10.2. The molecule has 0 aliphatic carbocycles. The Kier molecular flexibility index (Phi) is 6.73. The summed E-state index contributed by atoms with van der Waals surface area (Å²) in [7, 11) is 1.75. The molecule has 1 amide bonds. The van der Waals surface area contributed by atoms with Gasteiger partial charge in [0, 0.05) is 17.6 Å². The minimum atomic E-state index is -0.685. The van der Waals surface area contributed by atoms with Crippen LogP contribution in [0.25, 0.3) is 0 Å². The molecule has 1 unspecified atom stereocenters. The van der Waals surface area contributed by atoms with E-state index in [0.29, 0.717) is 23.9 Å². The predicted molar refractivity (Wildman–Crippen MR) is 94.0 cm³/mol. The van der Waals surface area contributed by atoms with E-state index < -0.39 is 23.6 Å². The number of carbonyl (C=O) groups excluding carboxylic acids is 1. The Morgan fingerprint density at radius 2 is 1.92 bits per heavy atom. The molecule has 134 valence electrons. The molecule has 7 heteroatoms. The topological polar surface area (TPSA) is 41.6 Å². The van der Waals surface area contributed by atoms with Crippen molar-refractivity contribution in [2.24, 2.45) is 0 Å². The molecule has 0 heterocycles. The second-order valence-corrected chi connectivity index (χ2v) is 6.01. The third kappa shape index (κ3) is 5.69. The summed E-state index contributed by atoms with van der Waals surface area (Å²) in [4.78, 5) is 13.9. The highest BCUT2D eigenvalue weighted by atomic mass is 35.5. The van der Waals surface area contributed by atoms with E-state index in [0.717, 1.165) is 18.2 Å². The molecule has 1 atom stereocenters. The molecular formula is C18H19ClF2N2O2. The van der Waals surface area contributed by atoms with Crippen LogP contribution in [0, 0.1) is 11.6 Å². The predicted octanol–water partition coefficient (Wildman–Crippen LogP) is 3.96. The van der Waals surface area contributed by atoms with Crippen LogP contribution >= 0.6 is 11.6 Å². The van der Waals surface area contributed by atoms with Gasteiger partial charge in [0.15, 0.2) is 0 Å². The number of nitrogens with one attached hydrogen (secondary N) is 1. The average molecular weight is 369 g/mol. The van der Waals surface area contributed by atoms with Gasteiger partial charge >= 0.3 is 0 Å². The number of hydrogen-bond acceptors (Lipinski definition) is 3. The highest BCUT2D eigenvalue weighted by molar-refractivity contribution is 6.30. The minimum absolute atomic E-state index is 0.178. The number of carbonyl (C=O) groups is 1. The Balaban J connectivity index is 1.84. The van der Waals surface area contributed by atoms with Crippen LogP contribution in [0.15, 0.2) is 42.5 Å². The molecule has 25 heavy (non-hydrogen) atoms. The molecule has 0 saturated carbocycles. The van der Waals surface area contributed by atoms with Gasteiger partial charge in [0.2, 0.25) is 5.91 Å². The van der Waals surface area contributed by atoms with Crippen LogP contribution in [0.2, 0.25) is 5.02 Å². The minimum Gasteiger partial charge on any atom is -0.492 e. The fraction of sp³-hybridized carbons (Fsp3) is 0.278. The Hall–Kier alpha value is -2.18. The van der Waals surface area contributed by atoms with Crippen LogP contribution in [-0.4, -0.2) is 37.0 Å². The molecule has 0 aliphatic heterocycles. The number of rotatable bonds is 7. The lowest BCUT2D eigenvalue weighted by Gasteiger charge is -2.24. The van der Waals surface area contributed by atoms with Gasteiger partial charge in [0.05, 0.1) is 11.7 Å². The van der Waals surface area contributed by atoms with E-state index in [-0.39, 0.29) is 5.69 Å². The van der Waals surface area contributed by atoms with Crippen molar-refractivity contribution >= 4 is 23.2 Å². The smallest absolute Gasteiger partial charge is 0.241 e. The Morgan fingerprint density at radius 3 is 2.60 bits per heavy atom. The van der Waals surface area contributed by atoms with Gasteiger partial charge in [-0.15, -0.1) is 0 Å². The second kappa shape index (κ2) is 8.78. The maximum atomic E-state index is 13.6. The number of likely N-dealkylation sites (N-methyl/N-ethyl adjacent to an activating group) is 1. The van der Waals surface area contributed by atoms with E-state index in [4.69, 9.17) is 16.3 Å². The van der Waals surface area contributed by atoms with Crippen LogP contribution in [0.5, 0.6) is 5.75 Å². The monoisotopic (exact) mass is 368 g/mol. The third-order valence-electron chi connectivity index (χ3n) is 3.75. The summed E-state index contributed by atoms with van der Waals surface area (Å²) in [6.07, 6.45) is 0. The second-order valence-electron chi connectivity index (χ2n) is 5.57. The molecular weight excluding hydrogens is 350 g/mol. The van der Waals surface area contributed by atoms with Crippen LogP contribution in [0.4, 0.5) is 14.5 Å². The van der Waals surface area contributed by atoms with E-state index in [9.17, 15) is 13.6 Å². The number of nitrogens with zero attached hydrogens (tertiary/aromatic N) is 1. The summed E-state index contributed by atoms with van der Waals surface area (Å²) in [6.45, 7) is 2.52. The molecule has 0 bridgehead atoms. The van der Waals surface area contributed by atoms with Gasteiger partial charge in [-0.2, -0.15) is 0 Å². The number of ether oxygens (including phenoxy) is 1. The van der Waals surface area contributed by atoms with Gasteiger partial charge in [0.1, 0.15) is 24.0 Å². The van der Waals surface area contributed by atoms with E-state index >= 15 is 0 Å². The zero-order valence-corrected chi connectivity index (χ0v) is 14.7. The summed E-state index contributed by atoms with van der Waals surface area (Å²) in [5, 5.41) is 3.02. The van der Waals surface area contributed by atoms with Gasteiger partial charge in [-0.05, 0) is 50.4 Å². The number of hydrogen-bond donors (Lipinski definition) is 1. The normalized spacial score (nSPS) is 12.1. The molecule has 4 nitrogen and oxygen atoms in total. The summed E-state index contributed by atoms with van der Waals surface area (Å²) in [5.74, 6) is -1.06. The molecule has 0 fully saturated rings. The van der Waals surface area contributed by atoms with Gasteiger partial charge in [0.25, 0.3) is 0 Å². The lowest BCUT2D eigenvalue weighted by Crippen LogP contribution is -2.41. The molecule has 0 radical (unpaired) electrons. The quantitative estimate of drug-likeness (QED) is 0.804. The van der Waals surface area contributed by atoms with Gasteiger partial charge in [-0.1, -0.05) is 11.6 Å². The number of amides is 1. The van der Waals surface area contributed by atoms with Gasteiger partial charge < -0.3 is 10.1 Å². The highest BCUT2D eigenvalue weighted by Crippen LogP contribution is 2.17. The largest absolute Gasteiger partial charge is 0.492 e. The van der Waals surface area contributed by atoms with Crippen LogP contribution in [0.1, 0.15) is 6.92 Å². The van der Waals surface area contributed by atoms with E-state index in [1.165, 1.54) is 0 Å². The summed E-state index contributed by atoms with van der Waals surface area (Å²) >= 11 is 5.80. The summed E-state index contributed by atoms with van der Waals surface area (Å²) in [5.41, 5.74) is -0.178.